The van der Waals surface area contributed by atoms with Gasteiger partial charge in [0.1, 0.15) is 5.82 Å². The summed E-state index contributed by atoms with van der Waals surface area (Å²) in [6.07, 6.45) is 0.998. The zero-order chi connectivity index (χ0) is 12.1. The topological polar surface area (TPSA) is 20.2 Å². The minimum absolute atomic E-state index is 0.249. The van der Waals surface area contributed by atoms with Crippen LogP contribution in [0, 0.1) is 5.82 Å². The molecule has 1 rings (SSSR count). The molecule has 1 N–H and O–H groups in total. The van der Waals surface area contributed by atoms with Gasteiger partial charge in [-0.25, -0.2) is 4.39 Å². The van der Waals surface area contributed by atoms with E-state index in [4.69, 9.17) is 11.6 Å². The average molecular weight is 243 g/mol. The quantitative estimate of drug-likeness (QED) is 0.780. The van der Waals surface area contributed by atoms with Crippen LogP contribution >= 0.6 is 11.6 Å². The fraction of sp³-hybridized carbons (Fsp3) is 0.385. The van der Waals surface area contributed by atoms with Gasteiger partial charge >= 0.3 is 0 Å². The highest BCUT2D eigenvalue weighted by molar-refractivity contribution is 6.31. The number of halogens is 2. The zero-order valence-corrected chi connectivity index (χ0v) is 10.1. The number of allylic oxidation sites excluding steroid dienone is 1. The largest absolute Gasteiger partial charge is 0.393 e. The Bertz CT molecular complexity index is 356. The minimum atomic E-state index is -0.578. The summed E-state index contributed by atoms with van der Waals surface area (Å²) in [4.78, 5) is 0. The second kappa shape index (κ2) is 6.02. The van der Waals surface area contributed by atoms with Gasteiger partial charge in [-0.15, -0.1) is 6.58 Å². The van der Waals surface area contributed by atoms with E-state index in [0.717, 1.165) is 12.0 Å². The molecule has 3 heteroatoms. The molecule has 0 aliphatic heterocycles. The van der Waals surface area contributed by atoms with Crippen molar-refractivity contribution in [3.63, 3.8) is 0 Å². The van der Waals surface area contributed by atoms with E-state index in [9.17, 15) is 9.50 Å². The molecular weight excluding hydrogens is 227 g/mol. The summed E-state index contributed by atoms with van der Waals surface area (Å²) >= 11 is 5.87. The van der Waals surface area contributed by atoms with Crippen molar-refractivity contribution in [1.29, 1.82) is 0 Å². The van der Waals surface area contributed by atoms with Crippen LogP contribution < -0.4 is 0 Å². The molecule has 1 aromatic rings. The standard InChI is InChI=1S/C13H16ClFO/c1-9(2)6-7-10(16)8-11-12(14)4-3-5-13(11)15/h3-5,10,16H,1,6-8H2,2H3. The maximum absolute atomic E-state index is 13.4. The fourth-order valence-corrected chi connectivity index (χ4v) is 1.72. The van der Waals surface area contributed by atoms with Gasteiger partial charge in [-0.2, -0.15) is 0 Å². The Hall–Kier alpha value is -0.860. The van der Waals surface area contributed by atoms with Crippen LogP contribution in [0.5, 0.6) is 0 Å². The second-order valence-electron chi connectivity index (χ2n) is 4.05. The zero-order valence-electron chi connectivity index (χ0n) is 9.34. The number of rotatable bonds is 5. The first kappa shape index (κ1) is 13.2. The lowest BCUT2D eigenvalue weighted by Gasteiger charge is -2.12. The van der Waals surface area contributed by atoms with Gasteiger partial charge in [-0.05, 0) is 31.9 Å². The highest BCUT2D eigenvalue weighted by atomic mass is 35.5. The molecule has 1 atom stereocenters. The van der Waals surface area contributed by atoms with E-state index in [1.165, 1.54) is 6.07 Å². The number of aliphatic hydroxyl groups is 1. The van der Waals surface area contributed by atoms with Gasteiger partial charge in [-0.3, -0.25) is 0 Å². The first-order valence-corrected chi connectivity index (χ1v) is 5.64. The first-order chi connectivity index (χ1) is 7.50. The first-order valence-electron chi connectivity index (χ1n) is 5.26. The van der Waals surface area contributed by atoms with Gasteiger partial charge in [0.15, 0.2) is 0 Å². The minimum Gasteiger partial charge on any atom is -0.393 e. The maximum atomic E-state index is 13.4. The van der Waals surface area contributed by atoms with Crippen molar-refractivity contribution in [2.45, 2.75) is 32.3 Å². The summed E-state index contributed by atoms with van der Waals surface area (Å²) < 4.78 is 13.4. The molecule has 0 fully saturated rings. The molecule has 1 nitrogen and oxygen atoms in total. The molecule has 1 unspecified atom stereocenters. The third-order valence-electron chi connectivity index (χ3n) is 2.41. The second-order valence-corrected chi connectivity index (χ2v) is 4.46. The fourth-order valence-electron chi connectivity index (χ4n) is 1.48. The SMILES string of the molecule is C=C(C)CCC(O)Cc1c(F)cccc1Cl. The van der Waals surface area contributed by atoms with Gasteiger partial charge in [0, 0.05) is 17.0 Å². The molecule has 16 heavy (non-hydrogen) atoms. The third-order valence-corrected chi connectivity index (χ3v) is 2.76. The summed E-state index contributed by atoms with van der Waals surface area (Å²) in [6, 6.07) is 4.54. The van der Waals surface area contributed by atoms with E-state index in [0.29, 0.717) is 17.0 Å². The average Bonchev–Trinajstić information content (AvgIpc) is 2.21. The predicted molar refractivity (Wildman–Crippen MR) is 65.2 cm³/mol. The monoisotopic (exact) mass is 242 g/mol. The van der Waals surface area contributed by atoms with Crippen LogP contribution in [-0.2, 0) is 6.42 Å². The summed E-state index contributed by atoms with van der Waals surface area (Å²) in [5.74, 6) is -0.359. The lowest BCUT2D eigenvalue weighted by atomic mass is 10.0. The maximum Gasteiger partial charge on any atom is 0.127 e. The van der Waals surface area contributed by atoms with E-state index in [1.54, 1.807) is 12.1 Å². The van der Waals surface area contributed by atoms with E-state index >= 15 is 0 Å². The predicted octanol–water partition coefficient (Wildman–Crippen LogP) is 3.74. The highest BCUT2D eigenvalue weighted by Gasteiger charge is 2.12. The number of hydrogen-bond acceptors (Lipinski definition) is 1. The molecule has 0 saturated heterocycles. The van der Waals surface area contributed by atoms with Crippen LogP contribution in [-0.4, -0.2) is 11.2 Å². The molecule has 0 aliphatic rings. The van der Waals surface area contributed by atoms with Crippen LogP contribution in [0.1, 0.15) is 25.3 Å². The van der Waals surface area contributed by atoms with Crippen molar-refractivity contribution in [3.8, 4) is 0 Å². The van der Waals surface area contributed by atoms with Crippen LogP contribution in [0.15, 0.2) is 30.4 Å². The van der Waals surface area contributed by atoms with Gasteiger partial charge < -0.3 is 5.11 Å². The van der Waals surface area contributed by atoms with Crippen molar-refractivity contribution >= 4 is 11.6 Å². The number of aliphatic hydroxyl groups excluding tert-OH is 1. The highest BCUT2D eigenvalue weighted by Crippen LogP contribution is 2.21. The summed E-state index contributed by atoms with van der Waals surface area (Å²) in [6.45, 7) is 5.66. The molecule has 0 aromatic heterocycles. The van der Waals surface area contributed by atoms with Crippen LogP contribution in [0.4, 0.5) is 4.39 Å². The number of hydrogen-bond donors (Lipinski definition) is 1. The molecule has 0 aliphatic carbocycles. The lowest BCUT2D eigenvalue weighted by molar-refractivity contribution is 0.164. The molecule has 0 bridgehead atoms. The van der Waals surface area contributed by atoms with Gasteiger partial charge in [0.25, 0.3) is 0 Å². The van der Waals surface area contributed by atoms with Gasteiger partial charge in [-0.1, -0.05) is 23.2 Å². The number of benzene rings is 1. The molecule has 0 radical (unpaired) electrons. The van der Waals surface area contributed by atoms with Gasteiger partial charge in [0.2, 0.25) is 0 Å². The molecule has 0 amide bonds. The van der Waals surface area contributed by atoms with E-state index < -0.39 is 6.10 Å². The summed E-state index contributed by atoms with van der Waals surface area (Å²) in [7, 11) is 0. The van der Waals surface area contributed by atoms with E-state index in [-0.39, 0.29) is 12.2 Å². The molecule has 1 aromatic carbocycles. The molecule has 0 heterocycles. The van der Waals surface area contributed by atoms with E-state index in [2.05, 4.69) is 6.58 Å². The van der Waals surface area contributed by atoms with Crippen molar-refractivity contribution in [1.82, 2.24) is 0 Å². The Labute approximate surface area is 101 Å². The third kappa shape index (κ3) is 3.95. The van der Waals surface area contributed by atoms with E-state index in [1.807, 2.05) is 6.92 Å². The Kier molecular flexibility index (Phi) is 4.97. The van der Waals surface area contributed by atoms with Crippen LogP contribution in [0.2, 0.25) is 5.02 Å². The lowest BCUT2D eigenvalue weighted by Crippen LogP contribution is -2.12. The van der Waals surface area contributed by atoms with Crippen molar-refractivity contribution in [3.05, 3.63) is 46.8 Å². The van der Waals surface area contributed by atoms with Crippen LogP contribution in [0.25, 0.3) is 0 Å². The Balaban J connectivity index is 2.62. The van der Waals surface area contributed by atoms with Gasteiger partial charge in [0.05, 0.1) is 6.10 Å². The van der Waals surface area contributed by atoms with Crippen molar-refractivity contribution < 1.29 is 9.50 Å². The smallest absolute Gasteiger partial charge is 0.127 e. The normalized spacial score (nSPS) is 12.5. The Morgan fingerprint density at radius 3 is 2.81 bits per heavy atom. The summed E-state index contributed by atoms with van der Waals surface area (Å²) in [5.41, 5.74) is 1.40. The molecule has 0 saturated carbocycles. The molecular formula is C13H16ClFO. The Morgan fingerprint density at radius 2 is 2.25 bits per heavy atom. The van der Waals surface area contributed by atoms with Crippen molar-refractivity contribution in [2.24, 2.45) is 0 Å². The van der Waals surface area contributed by atoms with Crippen molar-refractivity contribution in [2.75, 3.05) is 0 Å². The molecule has 0 spiro atoms. The molecule has 88 valence electrons. The Morgan fingerprint density at radius 1 is 1.56 bits per heavy atom. The summed E-state index contributed by atoms with van der Waals surface area (Å²) in [5, 5.41) is 10.1. The van der Waals surface area contributed by atoms with Crippen LogP contribution in [0.3, 0.4) is 0 Å².